The summed E-state index contributed by atoms with van der Waals surface area (Å²) in [5.74, 6) is 1.11. The number of esters is 1. The van der Waals surface area contributed by atoms with Gasteiger partial charge in [-0.15, -0.1) is 0 Å². The van der Waals surface area contributed by atoms with E-state index in [0.29, 0.717) is 24.4 Å². The monoisotopic (exact) mass is 616 g/mol. The Hall–Kier alpha value is -1.25. The quantitative estimate of drug-likeness (QED) is 0.212. The van der Waals surface area contributed by atoms with Crippen LogP contribution in [0, 0.1) is 39.4 Å². The van der Waals surface area contributed by atoms with Gasteiger partial charge >= 0.3 is 5.97 Å². The minimum Gasteiger partial charge on any atom is -0.462 e. The number of ether oxygens (including phenoxy) is 3. The molecule has 2 saturated carbocycles. The van der Waals surface area contributed by atoms with Gasteiger partial charge in [-0.3, -0.25) is 4.79 Å². The molecule has 0 amide bonds. The summed E-state index contributed by atoms with van der Waals surface area (Å²) in [6, 6.07) is 0. The van der Waals surface area contributed by atoms with Crippen LogP contribution in [0.4, 0.5) is 0 Å². The Balaban J connectivity index is 1.40. The van der Waals surface area contributed by atoms with Gasteiger partial charge in [0.2, 0.25) is 0 Å². The van der Waals surface area contributed by atoms with E-state index in [1.165, 1.54) is 12.0 Å². The summed E-state index contributed by atoms with van der Waals surface area (Å²) >= 11 is 0. The van der Waals surface area contributed by atoms with E-state index < -0.39 is 24.6 Å². The number of carbonyl (C=O) groups excluding carboxylic acids is 1. The topological polar surface area (TPSA) is 105 Å². The first-order chi connectivity index (χ1) is 20.6. The normalized spacial score (nSPS) is 43.8. The third-order valence-electron chi connectivity index (χ3n) is 13.7. The molecule has 3 N–H and O–H groups in total. The van der Waals surface area contributed by atoms with Crippen molar-refractivity contribution in [3.05, 3.63) is 22.8 Å². The molecule has 0 aromatic carbocycles. The molecule has 0 aromatic heterocycles. The van der Waals surface area contributed by atoms with Crippen LogP contribution in [0.1, 0.15) is 120 Å². The van der Waals surface area contributed by atoms with Crippen LogP contribution in [-0.2, 0) is 19.0 Å². The molecule has 1 saturated heterocycles. The Morgan fingerprint density at radius 1 is 0.955 bits per heavy atom. The molecule has 250 valence electrons. The van der Waals surface area contributed by atoms with E-state index in [1.54, 1.807) is 18.1 Å². The van der Waals surface area contributed by atoms with Crippen LogP contribution < -0.4 is 0 Å². The minimum absolute atomic E-state index is 0.0156. The predicted molar refractivity (Wildman–Crippen MR) is 170 cm³/mol. The first-order valence-corrected chi connectivity index (χ1v) is 17.4. The highest BCUT2D eigenvalue weighted by Gasteiger charge is 2.64. The molecule has 0 bridgehead atoms. The number of aliphatic hydroxyl groups excluding tert-OH is 3. The third-order valence-corrected chi connectivity index (χ3v) is 13.7. The second-order valence-electron chi connectivity index (χ2n) is 16.5. The molecular weight excluding hydrogens is 556 g/mol. The molecule has 7 heteroatoms. The Morgan fingerprint density at radius 2 is 1.68 bits per heavy atom. The molecule has 7 nitrogen and oxygen atoms in total. The number of rotatable bonds is 8. The van der Waals surface area contributed by atoms with Gasteiger partial charge in [0.05, 0.1) is 13.2 Å². The van der Waals surface area contributed by atoms with Gasteiger partial charge in [0.15, 0.2) is 6.29 Å². The number of allylic oxidation sites excluding steroid dienone is 4. The van der Waals surface area contributed by atoms with Crippen LogP contribution in [0.25, 0.3) is 0 Å². The lowest BCUT2D eigenvalue weighted by Gasteiger charge is -2.62. The predicted octanol–water partition coefficient (Wildman–Crippen LogP) is 6.49. The summed E-state index contributed by atoms with van der Waals surface area (Å²) in [6.07, 6.45) is 8.65. The highest BCUT2D eigenvalue weighted by Crippen LogP contribution is 2.72. The fourth-order valence-corrected chi connectivity index (χ4v) is 11.0. The zero-order chi connectivity index (χ0) is 32.2. The van der Waals surface area contributed by atoms with Crippen molar-refractivity contribution in [1.82, 2.24) is 0 Å². The lowest BCUT2D eigenvalue weighted by molar-refractivity contribution is -0.274. The molecule has 1 heterocycles. The van der Waals surface area contributed by atoms with Crippen molar-refractivity contribution < 1.29 is 34.3 Å². The number of aliphatic hydroxyl groups is 3. The average molecular weight is 617 g/mol. The van der Waals surface area contributed by atoms with Crippen LogP contribution >= 0.6 is 0 Å². The zero-order valence-corrected chi connectivity index (χ0v) is 28.7. The van der Waals surface area contributed by atoms with Crippen molar-refractivity contribution >= 4 is 5.97 Å². The Kier molecular flexibility index (Phi) is 9.61. The van der Waals surface area contributed by atoms with Crippen molar-refractivity contribution in [1.29, 1.82) is 0 Å². The molecule has 0 aromatic rings. The Morgan fingerprint density at radius 3 is 2.36 bits per heavy atom. The number of fused-ring (bicyclic) bond motifs is 4. The van der Waals surface area contributed by atoms with Gasteiger partial charge in [-0.1, -0.05) is 57.4 Å². The van der Waals surface area contributed by atoms with E-state index in [0.717, 1.165) is 57.8 Å². The fraction of sp³-hybridized carbons (Fsp3) is 0.865. The fourth-order valence-electron chi connectivity index (χ4n) is 11.0. The van der Waals surface area contributed by atoms with E-state index in [9.17, 15) is 20.1 Å². The molecule has 11 atom stereocenters. The number of carbonyl (C=O) groups is 1. The van der Waals surface area contributed by atoms with Crippen molar-refractivity contribution in [3.63, 3.8) is 0 Å². The average Bonchev–Trinajstić information content (AvgIpc) is 3.22. The molecule has 1 aliphatic heterocycles. The molecule has 11 unspecified atom stereocenters. The van der Waals surface area contributed by atoms with Gasteiger partial charge in [-0.25, -0.2) is 0 Å². The first kappa shape index (κ1) is 34.1. The van der Waals surface area contributed by atoms with E-state index in [2.05, 4.69) is 54.5 Å². The maximum absolute atomic E-state index is 12.0. The summed E-state index contributed by atoms with van der Waals surface area (Å²) < 4.78 is 17.8. The SMILES string of the molecule is CC(=O)OC1CCC2(C)C3=C(CCC2C1(C)C)C1(C)CCC(C(CCC=C(C)C)COC2OCC(O)C(O)C2O)C1(C)CC3. The Bertz CT molecular complexity index is 1140. The molecular formula is C37H60O7. The number of hydrogen-bond donors (Lipinski definition) is 3. The molecule has 5 rings (SSSR count). The van der Waals surface area contributed by atoms with Crippen molar-refractivity contribution in [2.45, 2.75) is 150 Å². The van der Waals surface area contributed by atoms with Crippen molar-refractivity contribution in [3.8, 4) is 0 Å². The van der Waals surface area contributed by atoms with Crippen LogP contribution in [0.2, 0.25) is 0 Å². The second kappa shape index (κ2) is 12.4. The lowest BCUT2D eigenvalue weighted by Crippen LogP contribution is -2.56. The highest BCUT2D eigenvalue weighted by atomic mass is 16.7. The van der Waals surface area contributed by atoms with E-state index in [1.807, 2.05) is 0 Å². The molecule has 4 aliphatic carbocycles. The maximum atomic E-state index is 12.0. The Labute approximate surface area is 265 Å². The van der Waals surface area contributed by atoms with Crippen molar-refractivity contribution in [2.24, 2.45) is 39.4 Å². The zero-order valence-electron chi connectivity index (χ0n) is 28.7. The van der Waals surface area contributed by atoms with Crippen molar-refractivity contribution in [2.75, 3.05) is 13.2 Å². The van der Waals surface area contributed by atoms with Gasteiger partial charge in [0.25, 0.3) is 0 Å². The second-order valence-corrected chi connectivity index (χ2v) is 16.5. The molecule has 44 heavy (non-hydrogen) atoms. The van der Waals surface area contributed by atoms with Gasteiger partial charge in [0, 0.05) is 12.3 Å². The standard InChI is InChI=1S/C37H60O7/c1-22(2)10-9-11-24(20-42-33-32(41)31(40)28(39)21-43-33)25-14-18-37(8)27-12-13-29-34(4,5)30(44-23(3)38)16-17-35(29,6)26(27)15-19-36(25,37)7/h10,24-25,28-33,39-41H,9,11-21H2,1-8H3. The summed E-state index contributed by atoms with van der Waals surface area (Å²) in [5, 5.41) is 30.7. The van der Waals surface area contributed by atoms with Gasteiger partial charge in [0.1, 0.15) is 24.4 Å². The first-order valence-electron chi connectivity index (χ1n) is 17.4. The van der Waals surface area contributed by atoms with Crippen LogP contribution in [0.3, 0.4) is 0 Å². The van der Waals surface area contributed by atoms with Gasteiger partial charge in [-0.05, 0) is 112 Å². The molecule has 0 spiro atoms. The minimum atomic E-state index is -1.26. The molecule has 5 aliphatic rings. The number of hydrogen-bond acceptors (Lipinski definition) is 7. The van der Waals surface area contributed by atoms with E-state index in [-0.39, 0.29) is 40.3 Å². The van der Waals surface area contributed by atoms with Crippen LogP contribution in [0.5, 0.6) is 0 Å². The largest absolute Gasteiger partial charge is 0.462 e. The van der Waals surface area contributed by atoms with Crippen LogP contribution in [-0.4, -0.2) is 65.2 Å². The molecule has 3 fully saturated rings. The van der Waals surface area contributed by atoms with Crippen LogP contribution in [0.15, 0.2) is 22.8 Å². The van der Waals surface area contributed by atoms with Gasteiger partial charge < -0.3 is 29.5 Å². The van der Waals surface area contributed by atoms with E-state index in [4.69, 9.17) is 14.2 Å². The smallest absolute Gasteiger partial charge is 0.302 e. The lowest BCUT2D eigenvalue weighted by atomic mass is 9.43. The maximum Gasteiger partial charge on any atom is 0.302 e. The highest BCUT2D eigenvalue weighted by molar-refractivity contribution is 5.66. The summed E-state index contributed by atoms with van der Waals surface area (Å²) in [7, 11) is 0. The van der Waals surface area contributed by atoms with E-state index >= 15 is 0 Å². The summed E-state index contributed by atoms with van der Waals surface area (Å²) in [5.41, 5.74) is 5.11. The van der Waals surface area contributed by atoms with Gasteiger partial charge in [-0.2, -0.15) is 0 Å². The third kappa shape index (κ3) is 5.65. The molecule has 0 radical (unpaired) electrons. The summed E-state index contributed by atoms with van der Waals surface area (Å²) in [6.45, 7) is 18.5. The summed E-state index contributed by atoms with van der Waals surface area (Å²) in [4.78, 5) is 12.0.